The molecule has 0 radical (unpaired) electrons. The lowest BCUT2D eigenvalue weighted by Crippen LogP contribution is -2.23. The van der Waals surface area contributed by atoms with Crippen LogP contribution in [0.4, 0.5) is 13.2 Å². The fourth-order valence-electron chi connectivity index (χ4n) is 2.96. The Morgan fingerprint density at radius 2 is 1.90 bits per heavy atom. The molecule has 0 spiro atoms. The summed E-state index contributed by atoms with van der Waals surface area (Å²) in [6.07, 6.45) is 1.46. The number of alkyl halides is 3. The van der Waals surface area contributed by atoms with Crippen molar-refractivity contribution in [3.8, 4) is 0 Å². The summed E-state index contributed by atoms with van der Waals surface area (Å²) >= 11 is 1.41. The highest BCUT2D eigenvalue weighted by molar-refractivity contribution is 7.18. The molecule has 114 valence electrons. The monoisotopic (exact) mass is 314 g/mol. The van der Waals surface area contributed by atoms with Gasteiger partial charge in [-0.05, 0) is 37.0 Å². The van der Waals surface area contributed by atoms with Crippen molar-refractivity contribution in [2.24, 2.45) is 11.7 Å². The van der Waals surface area contributed by atoms with Crippen LogP contribution in [0, 0.1) is 5.92 Å². The average molecular weight is 314 g/mol. The second-order valence-corrected chi connectivity index (χ2v) is 6.72. The molecule has 1 fully saturated rings. The van der Waals surface area contributed by atoms with Gasteiger partial charge < -0.3 is 5.73 Å². The lowest BCUT2D eigenvalue weighted by molar-refractivity contribution is -0.137. The Bertz CT molecular complexity index is 629. The molecule has 2 N–H and O–H groups in total. The quantitative estimate of drug-likeness (QED) is 0.856. The summed E-state index contributed by atoms with van der Waals surface area (Å²) < 4.78 is 38.9. The minimum absolute atomic E-state index is 0.156. The van der Waals surface area contributed by atoms with E-state index >= 15 is 0 Å². The van der Waals surface area contributed by atoms with E-state index < -0.39 is 11.7 Å². The number of benzene rings is 1. The fraction of sp³-hybridized carbons (Fsp3) is 0.533. The Morgan fingerprint density at radius 3 is 2.57 bits per heavy atom. The second kappa shape index (κ2) is 5.57. The van der Waals surface area contributed by atoms with Crippen molar-refractivity contribution in [3.05, 3.63) is 28.8 Å². The zero-order chi connectivity index (χ0) is 15.0. The summed E-state index contributed by atoms with van der Waals surface area (Å²) in [6.45, 7) is 0. The van der Waals surface area contributed by atoms with Gasteiger partial charge in [-0.2, -0.15) is 13.2 Å². The van der Waals surface area contributed by atoms with Gasteiger partial charge in [0, 0.05) is 0 Å². The maximum atomic E-state index is 12.7. The van der Waals surface area contributed by atoms with Crippen molar-refractivity contribution in [3.63, 3.8) is 0 Å². The van der Waals surface area contributed by atoms with Crippen molar-refractivity contribution in [1.82, 2.24) is 4.98 Å². The van der Waals surface area contributed by atoms with Gasteiger partial charge in [-0.15, -0.1) is 11.3 Å². The number of fused-ring (bicyclic) bond motifs is 1. The Hall–Kier alpha value is -1.14. The third kappa shape index (κ3) is 3.06. The van der Waals surface area contributed by atoms with E-state index in [0.717, 1.165) is 34.7 Å². The van der Waals surface area contributed by atoms with Gasteiger partial charge in [0.05, 0.1) is 21.8 Å². The number of hydrogen-bond acceptors (Lipinski definition) is 3. The van der Waals surface area contributed by atoms with Crippen molar-refractivity contribution in [2.45, 2.75) is 44.3 Å². The Labute approximate surface area is 125 Å². The molecule has 0 aliphatic heterocycles. The highest BCUT2D eigenvalue weighted by atomic mass is 32.1. The standard InChI is InChI=1S/C15H17F3N2S/c16-15(17,18)10-6-7-12-11(8-10)20-14(21-12)13(19)9-4-2-1-3-5-9/h6-9,13H,1-5,19H2. The van der Waals surface area contributed by atoms with Crippen LogP contribution in [-0.2, 0) is 6.18 Å². The van der Waals surface area contributed by atoms with E-state index in [0.29, 0.717) is 11.4 Å². The Morgan fingerprint density at radius 1 is 1.19 bits per heavy atom. The van der Waals surface area contributed by atoms with Gasteiger partial charge in [-0.3, -0.25) is 0 Å². The molecule has 1 aromatic carbocycles. The summed E-state index contributed by atoms with van der Waals surface area (Å²) in [7, 11) is 0. The highest BCUT2D eigenvalue weighted by Gasteiger charge is 2.31. The highest BCUT2D eigenvalue weighted by Crippen LogP contribution is 2.37. The van der Waals surface area contributed by atoms with Gasteiger partial charge in [0.2, 0.25) is 0 Å². The van der Waals surface area contributed by atoms with E-state index in [2.05, 4.69) is 4.98 Å². The number of nitrogens with zero attached hydrogens (tertiary/aromatic N) is 1. The first-order valence-corrected chi connectivity index (χ1v) is 8.00. The minimum Gasteiger partial charge on any atom is -0.322 e. The molecule has 0 bridgehead atoms. The van der Waals surface area contributed by atoms with Crippen LogP contribution in [0.15, 0.2) is 18.2 Å². The molecule has 0 saturated heterocycles. The lowest BCUT2D eigenvalue weighted by atomic mass is 9.84. The van der Waals surface area contributed by atoms with E-state index in [9.17, 15) is 13.2 Å². The molecule has 3 rings (SSSR count). The number of rotatable bonds is 2. The van der Waals surface area contributed by atoms with Gasteiger partial charge in [-0.25, -0.2) is 4.98 Å². The average Bonchev–Trinajstić information content (AvgIpc) is 2.89. The number of thiazole rings is 1. The first kappa shape index (κ1) is 14.8. The number of nitrogens with two attached hydrogens (primary N) is 1. The van der Waals surface area contributed by atoms with E-state index in [-0.39, 0.29) is 6.04 Å². The van der Waals surface area contributed by atoms with Gasteiger partial charge >= 0.3 is 6.18 Å². The maximum Gasteiger partial charge on any atom is 0.416 e. The summed E-state index contributed by atoms with van der Waals surface area (Å²) in [4.78, 5) is 4.36. The smallest absolute Gasteiger partial charge is 0.322 e. The predicted octanol–water partition coefficient (Wildman–Crippen LogP) is 4.90. The van der Waals surface area contributed by atoms with E-state index in [1.54, 1.807) is 0 Å². The number of hydrogen-bond donors (Lipinski definition) is 1. The number of halogens is 3. The first-order valence-electron chi connectivity index (χ1n) is 7.18. The molecule has 1 unspecified atom stereocenters. The third-order valence-corrected chi connectivity index (χ3v) is 5.31. The van der Waals surface area contributed by atoms with Crippen LogP contribution in [0.5, 0.6) is 0 Å². The molecule has 1 heterocycles. The molecule has 0 amide bonds. The summed E-state index contributed by atoms with van der Waals surface area (Å²) in [5, 5.41) is 0.760. The Kier molecular flexibility index (Phi) is 3.92. The first-order chi connectivity index (χ1) is 9.95. The minimum atomic E-state index is -4.33. The molecule has 1 saturated carbocycles. The summed E-state index contributed by atoms with van der Waals surface area (Å²) in [6, 6.07) is 3.56. The molecular weight excluding hydrogens is 297 g/mol. The van der Waals surface area contributed by atoms with E-state index in [4.69, 9.17) is 5.73 Å². The molecule has 1 atom stereocenters. The zero-order valence-electron chi connectivity index (χ0n) is 11.5. The van der Waals surface area contributed by atoms with Crippen molar-refractivity contribution in [1.29, 1.82) is 0 Å². The largest absolute Gasteiger partial charge is 0.416 e. The van der Waals surface area contributed by atoms with Gasteiger partial charge in [0.15, 0.2) is 0 Å². The van der Waals surface area contributed by atoms with Crippen LogP contribution in [0.3, 0.4) is 0 Å². The third-order valence-electron chi connectivity index (χ3n) is 4.17. The van der Waals surface area contributed by atoms with Crippen molar-refractivity contribution in [2.75, 3.05) is 0 Å². The van der Waals surface area contributed by atoms with Gasteiger partial charge in [0.25, 0.3) is 0 Å². The molecule has 6 heteroatoms. The lowest BCUT2D eigenvalue weighted by Gasteiger charge is -2.25. The molecular formula is C15H17F3N2S. The topological polar surface area (TPSA) is 38.9 Å². The molecule has 1 aliphatic carbocycles. The van der Waals surface area contributed by atoms with Crippen LogP contribution in [-0.4, -0.2) is 4.98 Å². The van der Waals surface area contributed by atoms with Crippen LogP contribution in [0.1, 0.15) is 48.7 Å². The normalized spacial score (nSPS) is 19.0. The van der Waals surface area contributed by atoms with Crippen LogP contribution < -0.4 is 5.73 Å². The molecule has 1 aliphatic rings. The number of aromatic nitrogens is 1. The molecule has 1 aromatic heterocycles. The summed E-state index contributed by atoms with van der Waals surface area (Å²) in [5.74, 6) is 0.404. The van der Waals surface area contributed by atoms with Gasteiger partial charge in [0.1, 0.15) is 5.01 Å². The van der Waals surface area contributed by atoms with E-state index in [1.165, 1.54) is 36.7 Å². The van der Waals surface area contributed by atoms with Crippen LogP contribution in [0.2, 0.25) is 0 Å². The molecule has 21 heavy (non-hydrogen) atoms. The van der Waals surface area contributed by atoms with Crippen molar-refractivity contribution < 1.29 is 13.2 Å². The Balaban J connectivity index is 1.89. The van der Waals surface area contributed by atoms with Crippen molar-refractivity contribution >= 4 is 21.6 Å². The predicted molar refractivity (Wildman–Crippen MR) is 78.1 cm³/mol. The SMILES string of the molecule is NC(c1nc2cc(C(F)(F)F)ccc2s1)C1CCCCC1. The van der Waals surface area contributed by atoms with E-state index in [1.807, 2.05) is 0 Å². The van der Waals surface area contributed by atoms with Gasteiger partial charge in [-0.1, -0.05) is 19.3 Å². The second-order valence-electron chi connectivity index (χ2n) is 5.66. The maximum absolute atomic E-state index is 12.7. The fourth-order valence-corrected chi connectivity index (χ4v) is 4.00. The van der Waals surface area contributed by atoms with Crippen LogP contribution in [0.25, 0.3) is 10.2 Å². The molecule has 2 nitrogen and oxygen atoms in total. The summed E-state index contributed by atoms with van der Waals surface area (Å²) in [5.41, 5.74) is 6.03. The zero-order valence-corrected chi connectivity index (χ0v) is 12.3. The van der Waals surface area contributed by atoms with Crippen LogP contribution >= 0.6 is 11.3 Å². The molecule has 2 aromatic rings.